The van der Waals surface area contributed by atoms with E-state index >= 15 is 0 Å². The van der Waals surface area contributed by atoms with E-state index < -0.39 is 34.7 Å². The van der Waals surface area contributed by atoms with E-state index in [-0.39, 0.29) is 11.5 Å². The number of benzene rings is 3. The summed E-state index contributed by atoms with van der Waals surface area (Å²) in [5.74, 6) is -3.18. The molecule has 0 unspecified atom stereocenters. The van der Waals surface area contributed by atoms with Gasteiger partial charge in [-0.1, -0.05) is 43.3 Å². The Bertz CT molecular complexity index is 1220. The average Bonchev–Trinajstić information content (AvgIpc) is 2.84. The highest BCUT2D eigenvalue weighted by molar-refractivity contribution is 5.91. The van der Waals surface area contributed by atoms with Crippen molar-refractivity contribution in [2.24, 2.45) is 5.92 Å². The van der Waals surface area contributed by atoms with Crippen molar-refractivity contribution in [3.8, 4) is 11.8 Å². The Balaban J connectivity index is 1.36. The topological polar surface area (TPSA) is 50.1 Å². The van der Waals surface area contributed by atoms with Crippen LogP contribution in [-0.4, -0.2) is 5.97 Å². The number of carbonyl (C=O) groups excluding carboxylic acids is 1. The number of rotatable bonds is 6. The lowest BCUT2D eigenvalue weighted by molar-refractivity contribution is 0.0729. The van der Waals surface area contributed by atoms with E-state index in [2.05, 4.69) is 31.2 Å². The monoisotopic (exact) mass is 477 g/mol. The van der Waals surface area contributed by atoms with E-state index in [0.717, 1.165) is 49.8 Å². The van der Waals surface area contributed by atoms with Crippen LogP contribution in [-0.2, 0) is 0 Å². The SMILES string of the molecule is C[C@H](CC1CCC(c2ccc(C(=O)Oc3cc(F)c(C#N)c(F)c3)c(F)c2)CC1)c1ccccc1. The summed E-state index contributed by atoms with van der Waals surface area (Å²) in [7, 11) is 0. The van der Waals surface area contributed by atoms with Gasteiger partial charge in [0.25, 0.3) is 0 Å². The first kappa shape index (κ1) is 24.5. The van der Waals surface area contributed by atoms with Crippen molar-refractivity contribution < 1.29 is 22.7 Å². The van der Waals surface area contributed by atoms with Gasteiger partial charge in [0.1, 0.15) is 34.8 Å². The Morgan fingerprint density at radius 3 is 2.23 bits per heavy atom. The first-order valence-electron chi connectivity index (χ1n) is 11.8. The number of esters is 1. The maximum absolute atomic E-state index is 14.8. The van der Waals surface area contributed by atoms with Crippen molar-refractivity contribution in [2.75, 3.05) is 0 Å². The van der Waals surface area contributed by atoms with E-state index in [1.165, 1.54) is 23.8 Å². The highest BCUT2D eigenvalue weighted by Crippen LogP contribution is 2.40. The molecule has 0 aliphatic heterocycles. The molecule has 1 aliphatic carbocycles. The molecule has 1 atom stereocenters. The van der Waals surface area contributed by atoms with Gasteiger partial charge in [0, 0.05) is 12.1 Å². The number of nitrogens with zero attached hydrogens (tertiary/aromatic N) is 1. The summed E-state index contributed by atoms with van der Waals surface area (Å²) < 4.78 is 47.2. The zero-order valence-corrected chi connectivity index (χ0v) is 19.4. The highest BCUT2D eigenvalue weighted by Gasteiger charge is 2.25. The maximum Gasteiger partial charge on any atom is 0.346 e. The molecule has 0 amide bonds. The van der Waals surface area contributed by atoms with Gasteiger partial charge in [-0.2, -0.15) is 5.26 Å². The van der Waals surface area contributed by atoms with Crippen LogP contribution in [0.2, 0.25) is 0 Å². The van der Waals surface area contributed by atoms with Crippen LogP contribution in [0, 0.1) is 34.7 Å². The molecule has 0 aromatic heterocycles. The molecule has 3 nitrogen and oxygen atoms in total. The third-order valence-electron chi connectivity index (χ3n) is 6.92. The Kier molecular flexibility index (Phi) is 7.55. The minimum atomic E-state index is -1.15. The van der Waals surface area contributed by atoms with Gasteiger partial charge in [0.2, 0.25) is 0 Å². The molecule has 1 aliphatic rings. The van der Waals surface area contributed by atoms with Gasteiger partial charge in [-0.05, 0) is 73.1 Å². The lowest BCUT2D eigenvalue weighted by Gasteiger charge is -2.30. The molecule has 0 radical (unpaired) electrons. The van der Waals surface area contributed by atoms with Crippen LogP contribution in [0.15, 0.2) is 60.7 Å². The van der Waals surface area contributed by atoms with Gasteiger partial charge in [-0.3, -0.25) is 0 Å². The van der Waals surface area contributed by atoms with Gasteiger partial charge in [-0.15, -0.1) is 0 Å². The number of halogens is 3. The van der Waals surface area contributed by atoms with Crippen molar-refractivity contribution in [2.45, 2.75) is 50.9 Å². The van der Waals surface area contributed by atoms with E-state index in [1.54, 1.807) is 6.07 Å². The van der Waals surface area contributed by atoms with Crippen molar-refractivity contribution >= 4 is 5.97 Å². The van der Waals surface area contributed by atoms with Crippen LogP contribution in [0.1, 0.15) is 77.9 Å². The zero-order chi connectivity index (χ0) is 24.9. The summed E-state index contributed by atoms with van der Waals surface area (Å²) in [5, 5.41) is 8.73. The molecule has 4 rings (SSSR count). The van der Waals surface area contributed by atoms with Crippen LogP contribution in [0.3, 0.4) is 0 Å². The largest absolute Gasteiger partial charge is 0.423 e. The molecule has 6 heteroatoms. The van der Waals surface area contributed by atoms with Crippen LogP contribution < -0.4 is 4.74 Å². The summed E-state index contributed by atoms with van der Waals surface area (Å²) in [6.45, 7) is 2.26. The number of hydrogen-bond acceptors (Lipinski definition) is 3. The first-order valence-corrected chi connectivity index (χ1v) is 11.8. The van der Waals surface area contributed by atoms with Crippen molar-refractivity contribution in [3.63, 3.8) is 0 Å². The number of carbonyl (C=O) groups is 1. The van der Waals surface area contributed by atoms with Gasteiger partial charge in [0.15, 0.2) is 0 Å². The quantitative estimate of drug-likeness (QED) is 0.270. The molecule has 1 fully saturated rings. The summed E-state index contributed by atoms with van der Waals surface area (Å²) in [4.78, 5) is 12.4. The second kappa shape index (κ2) is 10.8. The molecule has 0 spiro atoms. The number of ether oxygens (including phenoxy) is 1. The molecule has 1 saturated carbocycles. The lowest BCUT2D eigenvalue weighted by Crippen LogP contribution is -2.16. The third kappa shape index (κ3) is 5.74. The Morgan fingerprint density at radius 2 is 1.63 bits per heavy atom. The molecule has 0 saturated heterocycles. The standard InChI is InChI=1S/C29H26F3NO2/c1-18(20-5-3-2-4-6-20)13-19-7-9-21(10-8-19)22-11-12-24(26(30)14-22)29(34)35-23-15-27(31)25(17-33)28(32)16-23/h2-6,11-12,14-16,18-19,21H,7-10,13H2,1H3/t18-,19?,21?/m1/s1. The minimum absolute atomic E-state index is 0.222. The van der Waals surface area contributed by atoms with Crippen LogP contribution in [0.4, 0.5) is 13.2 Å². The van der Waals surface area contributed by atoms with E-state index in [0.29, 0.717) is 11.8 Å². The van der Waals surface area contributed by atoms with E-state index in [9.17, 15) is 18.0 Å². The molecule has 3 aromatic rings. The molecule has 180 valence electrons. The summed E-state index contributed by atoms with van der Waals surface area (Å²) in [6, 6.07) is 17.8. The summed E-state index contributed by atoms with van der Waals surface area (Å²) >= 11 is 0. The Hall–Kier alpha value is -3.59. The number of hydrogen-bond donors (Lipinski definition) is 0. The molecule has 0 N–H and O–H groups in total. The molecule has 3 aromatic carbocycles. The van der Waals surface area contributed by atoms with Crippen molar-refractivity contribution in [1.29, 1.82) is 5.26 Å². The fraction of sp³-hybridized carbons (Fsp3) is 0.310. The fourth-order valence-corrected chi connectivity index (χ4v) is 4.98. The number of nitriles is 1. The zero-order valence-electron chi connectivity index (χ0n) is 19.4. The normalized spacial score (nSPS) is 18.5. The van der Waals surface area contributed by atoms with Crippen molar-refractivity contribution in [1.82, 2.24) is 0 Å². The summed E-state index contributed by atoms with van der Waals surface area (Å²) in [5.41, 5.74) is 1.10. The first-order chi connectivity index (χ1) is 16.9. The van der Waals surface area contributed by atoms with Gasteiger partial charge in [-0.25, -0.2) is 18.0 Å². The fourth-order valence-electron chi connectivity index (χ4n) is 4.98. The predicted molar refractivity (Wildman–Crippen MR) is 127 cm³/mol. The van der Waals surface area contributed by atoms with E-state index in [1.807, 2.05) is 6.07 Å². The molecule has 35 heavy (non-hydrogen) atoms. The highest BCUT2D eigenvalue weighted by atomic mass is 19.1. The second-order valence-corrected chi connectivity index (χ2v) is 9.27. The van der Waals surface area contributed by atoms with Gasteiger partial charge < -0.3 is 4.74 Å². The van der Waals surface area contributed by atoms with E-state index in [4.69, 9.17) is 10.00 Å². The second-order valence-electron chi connectivity index (χ2n) is 9.27. The van der Waals surface area contributed by atoms with Crippen LogP contribution in [0.5, 0.6) is 5.75 Å². The Labute approximate surface area is 203 Å². The molecule has 0 bridgehead atoms. The average molecular weight is 478 g/mol. The molecular weight excluding hydrogens is 451 g/mol. The van der Waals surface area contributed by atoms with Crippen molar-refractivity contribution in [3.05, 3.63) is 100 Å². The molecule has 0 heterocycles. The molecular formula is C29H26F3NO2. The predicted octanol–water partition coefficient (Wildman–Crippen LogP) is 7.66. The Morgan fingerprint density at radius 1 is 0.971 bits per heavy atom. The van der Waals surface area contributed by atoms with Crippen LogP contribution in [0.25, 0.3) is 0 Å². The third-order valence-corrected chi connectivity index (χ3v) is 6.92. The smallest absolute Gasteiger partial charge is 0.346 e. The minimum Gasteiger partial charge on any atom is -0.423 e. The maximum atomic E-state index is 14.8. The van der Waals surface area contributed by atoms with Gasteiger partial charge >= 0.3 is 5.97 Å². The van der Waals surface area contributed by atoms with Gasteiger partial charge in [0.05, 0.1) is 5.56 Å². The summed E-state index contributed by atoms with van der Waals surface area (Å²) in [6.07, 6.45) is 5.19. The lowest BCUT2D eigenvalue weighted by atomic mass is 9.75. The van der Waals surface area contributed by atoms with Crippen LogP contribution >= 0.6 is 0 Å².